The van der Waals surface area contributed by atoms with Gasteiger partial charge in [-0.1, -0.05) is 32.6 Å². The van der Waals surface area contributed by atoms with Crippen LogP contribution in [0.2, 0.25) is 12.1 Å². The van der Waals surface area contributed by atoms with Crippen molar-refractivity contribution in [2.45, 2.75) is 57.2 Å². The minimum atomic E-state index is -2.93. The van der Waals surface area contributed by atoms with E-state index in [1.807, 2.05) is 0 Å². The van der Waals surface area contributed by atoms with E-state index in [1.165, 1.54) is 12.8 Å². The lowest BCUT2D eigenvalue weighted by molar-refractivity contribution is 0.115. The van der Waals surface area contributed by atoms with E-state index < -0.39 is 8.56 Å². The molecule has 102 valence electrons. The SMILES string of the molecule is CCCCCC[Si](O)(O)CCCOCC1CO1. The Morgan fingerprint density at radius 2 is 1.88 bits per heavy atom. The topological polar surface area (TPSA) is 62.2 Å². The average Bonchev–Trinajstić information content (AvgIpc) is 3.08. The molecule has 1 heterocycles. The van der Waals surface area contributed by atoms with E-state index in [-0.39, 0.29) is 0 Å². The van der Waals surface area contributed by atoms with Gasteiger partial charge in [-0.3, -0.25) is 0 Å². The van der Waals surface area contributed by atoms with Crippen molar-refractivity contribution < 1.29 is 19.1 Å². The molecule has 4 nitrogen and oxygen atoms in total. The van der Waals surface area contributed by atoms with Crippen molar-refractivity contribution in [3.63, 3.8) is 0 Å². The molecule has 1 saturated heterocycles. The van der Waals surface area contributed by atoms with Gasteiger partial charge in [0, 0.05) is 6.61 Å². The molecule has 5 heteroatoms. The second-order valence-electron chi connectivity index (χ2n) is 4.93. The van der Waals surface area contributed by atoms with Gasteiger partial charge in [-0.25, -0.2) is 0 Å². The Kier molecular flexibility index (Phi) is 7.30. The quantitative estimate of drug-likeness (QED) is 0.338. The Hall–Kier alpha value is 0.0569. The molecule has 1 fully saturated rings. The molecule has 1 unspecified atom stereocenters. The Morgan fingerprint density at radius 3 is 2.53 bits per heavy atom. The first-order valence-electron chi connectivity index (χ1n) is 6.78. The van der Waals surface area contributed by atoms with Gasteiger partial charge in [0.25, 0.3) is 0 Å². The van der Waals surface area contributed by atoms with Crippen molar-refractivity contribution >= 4 is 8.56 Å². The standard InChI is InChI=1S/C12H26O4Si/c1-2-3-4-5-8-17(13,14)9-6-7-15-10-12-11-16-12/h12-14H,2-11H2,1H3. The lowest BCUT2D eigenvalue weighted by atomic mass is 10.2. The van der Waals surface area contributed by atoms with Crippen LogP contribution in [-0.4, -0.2) is 44.1 Å². The number of unbranched alkanes of at least 4 members (excludes halogenated alkanes) is 3. The molecule has 17 heavy (non-hydrogen) atoms. The lowest BCUT2D eigenvalue weighted by Gasteiger charge is -2.17. The van der Waals surface area contributed by atoms with Crippen LogP contribution in [-0.2, 0) is 9.47 Å². The second kappa shape index (κ2) is 8.21. The number of epoxide rings is 1. The molecule has 0 aliphatic carbocycles. The van der Waals surface area contributed by atoms with Crippen LogP contribution in [0.25, 0.3) is 0 Å². The number of rotatable bonds is 11. The molecule has 1 rings (SSSR count). The van der Waals surface area contributed by atoms with Gasteiger partial charge in [0.2, 0.25) is 0 Å². The van der Waals surface area contributed by atoms with Crippen molar-refractivity contribution in [3.8, 4) is 0 Å². The van der Waals surface area contributed by atoms with Crippen molar-refractivity contribution in [1.82, 2.24) is 0 Å². The molecule has 0 radical (unpaired) electrons. The van der Waals surface area contributed by atoms with Gasteiger partial charge in [-0.2, -0.15) is 0 Å². The van der Waals surface area contributed by atoms with E-state index in [2.05, 4.69) is 6.92 Å². The fourth-order valence-corrected chi connectivity index (χ4v) is 3.57. The zero-order valence-electron chi connectivity index (χ0n) is 10.9. The van der Waals surface area contributed by atoms with Crippen LogP contribution in [0.3, 0.4) is 0 Å². The van der Waals surface area contributed by atoms with Gasteiger partial charge in [-0.15, -0.1) is 0 Å². The highest BCUT2D eigenvalue weighted by Gasteiger charge is 2.27. The van der Waals surface area contributed by atoms with E-state index in [4.69, 9.17) is 9.47 Å². The molecule has 0 aromatic rings. The molecule has 0 spiro atoms. The van der Waals surface area contributed by atoms with Gasteiger partial charge in [0.1, 0.15) is 6.10 Å². The summed E-state index contributed by atoms with van der Waals surface area (Å²) in [4.78, 5) is 19.7. The predicted octanol–water partition coefficient (Wildman–Crippen LogP) is 1.80. The van der Waals surface area contributed by atoms with Crippen LogP contribution in [0.5, 0.6) is 0 Å². The van der Waals surface area contributed by atoms with E-state index in [0.717, 1.165) is 25.9 Å². The fraction of sp³-hybridized carbons (Fsp3) is 1.00. The maximum absolute atomic E-state index is 9.85. The first-order valence-corrected chi connectivity index (χ1v) is 9.09. The summed E-state index contributed by atoms with van der Waals surface area (Å²) in [5.41, 5.74) is 0. The highest BCUT2D eigenvalue weighted by atomic mass is 28.4. The molecule has 1 atom stereocenters. The lowest BCUT2D eigenvalue weighted by Crippen LogP contribution is -2.34. The van der Waals surface area contributed by atoms with Crippen molar-refractivity contribution in [2.24, 2.45) is 0 Å². The van der Waals surface area contributed by atoms with Gasteiger partial charge < -0.3 is 19.1 Å². The fourth-order valence-electron chi connectivity index (χ4n) is 1.80. The first-order chi connectivity index (χ1) is 8.14. The zero-order chi connectivity index (χ0) is 12.6. The molecule has 0 bridgehead atoms. The van der Waals surface area contributed by atoms with Gasteiger partial charge >= 0.3 is 8.56 Å². The summed E-state index contributed by atoms with van der Waals surface area (Å²) >= 11 is 0. The van der Waals surface area contributed by atoms with Crippen molar-refractivity contribution in [2.75, 3.05) is 19.8 Å². The van der Waals surface area contributed by atoms with Crippen molar-refractivity contribution in [3.05, 3.63) is 0 Å². The van der Waals surface area contributed by atoms with Crippen LogP contribution in [0, 0.1) is 0 Å². The van der Waals surface area contributed by atoms with Gasteiger partial charge in [-0.05, 0) is 18.5 Å². The third-order valence-electron chi connectivity index (χ3n) is 3.00. The predicted molar refractivity (Wildman–Crippen MR) is 69.1 cm³/mol. The summed E-state index contributed by atoms with van der Waals surface area (Å²) in [5.74, 6) is 0. The highest BCUT2D eigenvalue weighted by molar-refractivity contribution is 6.64. The Labute approximate surface area is 105 Å². The van der Waals surface area contributed by atoms with E-state index >= 15 is 0 Å². The summed E-state index contributed by atoms with van der Waals surface area (Å²) in [5, 5.41) is 0. The molecule has 2 N–H and O–H groups in total. The molecule has 0 saturated carbocycles. The second-order valence-corrected chi connectivity index (χ2v) is 7.89. The van der Waals surface area contributed by atoms with Crippen LogP contribution < -0.4 is 0 Å². The summed E-state index contributed by atoms with van der Waals surface area (Å²) < 4.78 is 10.4. The Bertz CT molecular complexity index is 195. The summed E-state index contributed by atoms with van der Waals surface area (Å²) in [6, 6.07) is 1.14. The average molecular weight is 262 g/mol. The van der Waals surface area contributed by atoms with Crippen LogP contribution >= 0.6 is 0 Å². The largest absolute Gasteiger partial charge is 0.411 e. The van der Waals surface area contributed by atoms with Crippen molar-refractivity contribution in [1.29, 1.82) is 0 Å². The van der Waals surface area contributed by atoms with E-state index in [0.29, 0.717) is 31.4 Å². The van der Waals surface area contributed by atoms with Crippen LogP contribution in [0.15, 0.2) is 0 Å². The maximum Gasteiger partial charge on any atom is 0.332 e. The summed E-state index contributed by atoms with van der Waals surface area (Å²) in [7, 11) is -2.93. The minimum Gasteiger partial charge on any atom is -0.411 e. The minimum absolute atomic E-state index is 0.300. The third-order valence-corrected chi connectivity index (χ3v) is 5.31. The molecule has 0 aromatic heterocycles. The normalized spacial score (nSPS) is 19.6. The molecule has 0 aromatic carbocycles. The first kappa shape index (κ1) is 15.1. The van der Waals surface area contributed by atoms with Crippen LogP contribution in [0.1, 0.15) is 39.0 Å². The molecular formula is C12H26O4Si. The Morgan fingerprint density at radius 1 is 1.18 bits per heavy atom. The highest BCUT2D eigenvalue weighted by Crippen LogP contribution is 2.16. The van der Waals surface area contributed by atoms with E-state index in [9.17, 15) is 9.59 Å². The monoisotopic (exact) mass is 262 g/mol. The molecule has 1 aliphatic rings. The van der Waals surface area contributed by atoms with E-state index in [1.54, 1.807) is 0 Å². The van der Waals surface area contributed by atoms with Gasteiger partial charge in [0.05, 0.1) is 13.2 Å². The number of hydrogen-bond acceptors (Lipinski definition) is 4. The van der Waals surface area contributed by atoms with Crippen LogP contribution in [0.4, 0.5) is 0 Å². The zero-order valence-corrected chi connectivity index (χ0v) is 11.9. The summed E-state index contributed by atoms with van der Waals surface area (Å²) in [6.07, 6.45) is 5.48. The maximum atomic E-state index is 9.85. The number of ether oxygens (including phenoxy) is 2. The third kappa shape index (κ3) is 8.74. The molecule has 1 aliphatic heterocycles. The van der Waals surface area contributed by atoms with Gasteiger partial charge in [0.15, 0.2) is 0 Å². The smallest absolute Gasteiger partial charge is 0.332 e. The number of hydrogen-bond donors (Lipinski definition) is 2. The molecular weight excluding hydrogens is 236 g/mol. The molecule has 0 amide bonds. The Balaban J connectivity index is 1.90. The summed E-state index contributed by atoms with van der Waals surface area (Å²) in [6.45, 7) is 4.24.